The molecule has 4 heteroatoms. The van der Waals surface area contributed by atoms with Crippen molar-refractivity contribution in [3.05, 3.63) is 35.9 Å². The molecular formula is C10H14O2P2. The molecule has 2 nitrogen and oxygen atoms in total. The second-order valence-corrected chi connectivity index (χ2v) is 11.9. The zero-order valence-electron chi connectivity index (χ0n) is 8.60. The maximum absolute atomic E-state index is 12.1. The molecular weight excluding hydrogens is 214 g/mol. The van der Waals surface area contributed by atoms with Gasteiger partial charge in [0.15, 0.2) is 6.83 Å². The lowest BCUT2D eigenvalue weighted by molar-refractivity contribution is 0.107. The van der Waals surface area contributed by atoms with Gasteiger partial charge in [0.1, 0.15) is 0 Å². The molecule has 0 N–H and O–H groups in total. The highest BCUT2D eigenvalue weighted by Gasteiger charge is 2.29. The van der Waals surface area contributed by atoms with E-state index in [0.29, 0.717) is 5.56 Å². The molecule has 0 fully saturated rings. The fourth-order valence-electron chi connectivity index (χ4n) is 1.00. The van der Waals surface area contributed by atoms with Crippen molar-refractivity contribution < 1.29 is 9.36 Å². The minimum Gasteiger partial charge on any atom is -0.311 e. The minimum absolute atomic E-state index is 0.186. The van der Waals surface area contributed by atoms with Crippen LogP contribution in [0, 0.1) is 0 Å². The molecule has 0 saturated heterocycles. The molecule has 0 aliphatic rings. The predicted octanol–water partition coefficient (Wildman–Crippen LogP) is 3.48. The molecule has 1 atom stereocenters. The van der Waals surface area contributed by atoms with Gasteiger partial charge in [-0.15, -0.1) is 0 Å². The monoisotopic (exact) mass is 228 g/mol. The second kappa shape index (κ2) is 4.38. The first kappa shape index (κ1) is 11.6. The third kappa shape index (κ3) is 2.32. The van der Waals surface area contributed by atoms with Crippen molar-refractivity contribution >= 4 is 20.0 Å². The van der Waals surface area contributed by atoms with Crippen LogP contribution < -0.4 is 0 Å². The lowest BCUT2D eigenvalue weighted by Crippen LogP contribution is -1.98. The Morgan fingerprint density at radius 2 is 1.71 bits per heavy atom. The molecule has 1 unspecified atom stereocenters. The van der Waals surface area contributed by atoms with Gasteiger partial charge < -0.3 is 4.57 Å². The van der Waals surface area contributed by atoms with Gasteiger partial charge in [0, 0.05) is 5.56 Å². The fraction of sp³-hybridized carbons (Fsp3) is 0.300. The molecule has 1 aromatic carbocycles. The molecule has 14 heavy (non-hydrogen) atoms. The maximum Gasteiger partial charge on any atom is 0.224 e. The number of carbonyl (C=O) groups excluding carboxylic acids is 1. The van der Waals surface area contributed by atoms with Crippen LogP contribution in [-0.4, -0.2) is 25.5 Å². The highest BCUT2D eigenvalue weighted by Crippen LogP contribution is 2.70. The van der Waals surface area contributed by atoms with Crippen molar-refractivity contribution in [2.45, 2.75) is 0 Å². The van der Waals surface area contributed by atoms with E-state index in [1.165, 1.54) is 0 Å². The van der Waals surface area contributed by atoms with Crippen molar-refractivity contribution in [2.75, 3.05) is 20.0 Å². The van der Waals surface area contributed by atoms with E-state index < -0.39 is 14.4 Å². The van der Waals surface area contributed by atoms with Gasteiger partial charge in [-0.1, -0.05) is 30.3 Å². The number of carbonyl (C=O) groups is 1. The largest absolute Gasteiger partial charge is 0.311 e. The van der Waals surface area contributed by atoms with E-state index in [1.54, 1.807) is 30.9 Å². The van der Waals surface area contributed by atoms with Crippen LogP contribution in [0.3, 0.4) is 0 Å². The standard InChI is InChI=1S/C10H14O2P2/c1-13(2)14(3,12)10(11)9-7-5-4-6-8-9/h4-8H,1-3H3. The van der Waals surface area contributed by atoms with Crippen LogP contribution in [0.1, 0.15) is 10.4 Å². The first-order valence-corrected chi connectivity index (χ1v) is 9.41. The Balaban J connectivity index is 3.04. The Bertz CT molecular complexity index is 371. The lowest BCUT2D eigenvalue weighted by Gasteiger charge is -2.15. The highest BCUT2D eigenvalue weighted by molar-refractivity contribution is 8.39. The third-order valence-corrected chi connectivity index (χ3v) is 9.82. The molecule has 1 aromatic rings. The van der Waals surface area contributed by atoms with Crippen molar-refractivity contribution in [3.8, 4) is 0 Å². The lowest BCUT2D eigenvalue weighted by atomic mass is 10.2. The fourth-order valence-corrected chi connectivity index (χ4v) is 3.43. The van der Waals surface area contributed by atoms with Crippen LogP contribution in [-0.2, 0) is 4.57 Å². The SMILES string of the molecule is CP(C)P(C)(=O)C(=O)c1ccccc1. The molecule has 0 saturated carbocycles. The summed E-state index contributed by atoms with van der Waals surface area (Å²) < 4.78 is 12.1. The van der Waals surface area contributed by atoms with Crippen molar-refractivity contribution in [2.24, 2.45) is 0 Å². The Morgan fingerprint density at radius 1 is 1.21 bits per heavy atom. The zero-order chi connectivity index (χ0) is 10.8. The van der Waals surface area contributed by atoms with E-state index in [2.05, 4.69) is 0 Å². The van der Waals surface area contributed by atoms with Crippen molar-refractivity contribution in [1.29, 1.82) is 0 Å². The van der Waals surface area contributed by atoms with Crippen LogP contribution in [0.15, 0.2) is 30.3 Å². The Hall–Kier alpha value is -0.450. The van der Waals surface area contributed by atoms with Crippen LogP contribution >= 0.6 is 14.4 Å². The topological polar surface area (TPSA) is 34.1 Å². The van der Waals surface area contributed by atoms with E-state index >= 15 is 0 Å². The molecule has 1 rings (SSSR count). The van der Waals surface area contributed by atoms with Gasteiger partial charge in [0.25, 0.3) is 0 Å². The van der Waals surface area contributed by atoms with Crippen molar-refractivity contribution in [3.63, 3.8) is 0 Å². The van der Waals surface area contributed by atoms with E-state index in [0.717, 1.165) is 0 Å². The first-order chi connectivity index (χ1) is 6.46. The summed E-state index contributed by atoms with van der Waals surface area (Å²) in [7, 11) is -0.701. The maximum atomic E-state index is 12.1. The van der Waals surface area contributed by atoms with Crippen LogP contribution in [0.2, 0.25) is 0 Å². The summed E-state index contributed by atoms with van der Waals surface area (Å²) in [5.74, 6) is 0. The number of hydrogen-bond acceptors (Lipinski definition) is 2. The van der Waals surface area contributed by atoms with Crippen molar-refractivity contribution in [1.82, 2.24) is 0 Å². The Morgan fingerprint density at radius 3 is 2.14 bits per heavy atom. The normalized spacial score (nSPS) is 15.1. The van der Waals surface area contributed by atoms with E-state index in [4.69, 9.17) is 0 Å². The summed E-state index contributed by atoms with van der Waals surface area (Å²) in [6, 6.07) is 8.87. The molecule has 0 aliphatic heterocycles. The summed E-state index contributed by atoms with van der Waals surface area (Å²) in [6.45, 7) is 2.71. The van der Waals surface area contributed by atoms with Gasteiger partial charge in [-0.3, -0.25) is 4.79 Å². The summed E-state index contributed by atoms with van der Waals surface area (Å²) in [5.41, 5.74) is 0.378. The van der Waals surface area contributed by atoms with Gasteiger partial charge in [-0.05, 0) is 27.6 Å². The smallest absolute Gasteiger partial charge is 0.224 e. The molecule has 0 heterocycles. The van der Waals surface area contributed by atoms with E-state index in [1.807, 2.05) is 19.4 Å². The van der Waals surface area contributed by atoms with E-state index in [9.17, 15) is 9.36 Å². The molecule has 0 bridgehead atoms. The minimum atomic E-state index is -2.65. The number of benzene rings is 1. The van der Waals surface area contributed by atoms with Gasteiger partial charge >= 0.3 is 0 Å². The average molecular weight is 228 g/mol. The number of rotatable bonds is 3. The number of hydrogen-bond donors (Lipinski definition) is 0. The zero-order valence-corrected chi connectivity index (χ0v) is 10.4. The van der Waals surface area contributed by atoms with Gasteiger partial charge in [0.05, 0.1) is 0 Å². The average Bonchev–Trinajstić information content (AvgIpc) is 2.17. The molecule has 0 radical (unpaired) electrons. The van der Waals surface area contributed by atoms with Crippen LogP contribution in [0.4, 0.5) is 0 Å². The molecule has 0 aromatic heterocycles. The van der Waals surface area contributed by atoms with Gasteiger partial charge in [-0.2, -0.15) is 0 Å². The second-order valence-electron chi connectivity index (χ2n) is 3.40. The van der Waals surface area contributed by atoms with Gasteiger partial charge in [-0.25, -0.2) is 0 Å². The Labute approximate surface area is 85.7 Å². The third-order valence-electron chi connectivity index (χ3n) is 2.16. The summed E-state index contributed by atoms with van der Waals surface area (Å²) in [5, 5.41) is 0. The summed E-state index contributed by atoms with van der Waals surface area (Å²) >= 11 is 0. The highest BCUT2D eigenvalue weighted by atomic mass is 32.1. The molecule has 76 valence electrons. The van der Waals surface area contributed by atoms with Gasteiger partial charge in [0.2, 0.25) is 5.52 Å². The summed E-state index contributed by atoms with van der Waals surface area (Å²) in [4.78, 5) is 11.9. The predicted molar refractivity (Wildman–Crippen MR) is 63.1 cm³/mol. The van der Waals surface area contributed by atoms with Crippen LogP contribution in [0.25, 0.3) is 0 Å². The quantitative estimate of drug-likeness (QED) is 0.742. The van der Waals surface area contributed by atoms with Crippen LogP contribution in [0.5, 0.6) is 0 Å². The molecule has 0 spiro atoms. The molecule has 0 aliphatic carbocycles. The summed E-state index contributed by atoms with van der Waals surface area (Å²) in [6.07, 6.45) is 0. The van der Waals surface area contributed by atoms with E-state index in [-0.39, 0.29) is 5.52 Å². The molecule has 0 amide bonds. The Kier molecular flexibility index (Phi) is 3.64. The first-order valence-electron chi connectivity index (χ1n) is 4.31.